The van der Waals surface area contributed by atoms with E-state index in [9.17, 15) is 0 Å². The van der Waals surface area contributed by atoms with Crippen LogP contribution in [0.3, 0.4) is 0 Å². The van der Waals surface area contributed by atoms with Gasteiger partial charge < -0.3 is 0 Å². The molecule has 3 aliphatic rings. The van der Waals surface area contributed by atoms with Gasteiger partial charge in [-0.3, -0.25) is 15.2 Å². The summed E-state index contributed by atoms with van der Waals surface area (Å²) in [5, 5.41) is 7.66. The zero-order chi connectivity index (χ0) is 13.9. The fraction of sp³-hybridized carbons (Fsp3) is 0.941. The first-order valence-corrected chi connectivity index (χ1v) is 9.00. The van der Waals surface area contributed by atoms with Crippen LogP contribution in [0.5, 0.6) is 0 Å². The van der Waals surface area contributed by atoms with Crippen LogP contribution in [0.4, 0.5) is 0 Å². The van der Waals surface area contributed by atoms with Crippen LogP contribution in [0.25, 0.3) is 0 Å². The molecule has 2 N–H and O–H groups in total. The van der Waals surface area contributed by atoms with E-state index >= 15 is 0 Å². The average Bonchev–Trinajstić information content (AvgIpc) is 2.87. The molecule has 114 valence electrons. The lowest BCUT2D eigenvalue weighted by molar-refractivity contribution is -0.593. The molecule has 20 heavy (non-hydrogen) atoms. The minimum atomic E-state index is 0.711. The molecule has 0 aliphatic carbocycles. The van der Waals surface area contributed by atoms with Crippen LogP contribution < -0.4 is 10.6 Å². The summed E-state index contributed by atoms with van der Waals surface area (Å²) < 4.78 is 2.70. The highest BCUT2D eigenvalue weighted by molar-refractivity contribution is 5.76. The van der Waals surface area contributed by atoms with Crippen molar-refractivity contribution in [2.75, 3.05) is 0 Å². The quantitative estimate of drug-likeness (QED) is 0.731. The van der Waals surface area contributed by atoms with Gasteiger partial charge in [-0.2, -0.15) is 0 Å². The molecule has 0 aromatic heterocycles. The topological polar surface area (TPSA) is 27.1 Å². The van der Waals surface area contributed by atoms with Gasteiger partial charge in [-0.25, -0.2) is 0 Å². The molecule has 0 aromatic carbocycles. The molecule has 1 fully saturated rings. The summed E-state index contributed by atoms with van der Waals surface area (Å²) in [6.07, 6.45) is 13.6. The number of guanidine groups is 1. The van der Waals surface area contributed by atoms with Gasteiger partial charge in [0.05, 0.1) is 24.2 Å². The van der Waals surface area contributed by atoms with E-state index < -0.39 is 0 Å². The number of nitrogens with zero attached hydrogens (tertiary/aromatic N) is 1. The lowest BCUT2D eigenvalue weighted by atomic mass is 9.98. The second-order valence-corrected chi connectivity index (χ2v) is 7.08. The van der Waals surface area contributed by atoms with E-state index in [1.165, 1.54) is 70.2 Å². The largest absolute Gasteiger partial charge is 0.346 e. The SMILES string of the molecule is CCCC[C@@H]1C[C@@H]2CC[C@H]3C[C@@H](CCCC)NC(=[N+]23)N1. The molecule has 0 amide bonds. The molecule has 0 unspecified atom stereocenters. The summed E-state index contributed by atoms with van der Waals surface area (Å²) in [6.45, 7) is 4.60. The third-order valence-electron chi connectivity index (χ3n) is 5.49. The standard InChI is InChI=1S/C17H31N3/c1-3-5-7-13-11-15-9-10-16-12-14(8-6-4-2)19-17(18-13)20(15)16/h13-16H,3-12H2,1-2H3,(H,18,19)/p+1/t13-,14-,15+,16+/m1/s1. The Hall–Kier alpha value is -0.730. The minimum Gasteiger partial charge on any atom is -0.275 e. The third kappa shape index (κ3) is 2.82. The van der Waals surface area contributed by atoms with Crippen molar-refractivity contribution < 1.29 is 4.58 Å². The monoisotopic (exact) mass is 278 g/mol. The highest BCUT2D eigenvalue weighted by atomic mass is 15.3. The lowest BCUT2D eigenvalue weighted by Gasteiger charge is -2.36. The van der Waals surface area contributed by atoms with Gasteiger partial charge in [0.15, 0.2) is 0 Å². The molecule has 0 radical (unpaired) electrons. The summed E-state index contributed by atoms with van der Waals surface area (Å²) >= 11 is 0. The Morgan fingerprint density at radius 3 is 1.85 bits per heavy atom. The van der Waals surface area contributed by atoms with Crippen molar-refractivity contribution in [2.24, 2.45) is 0 Å². The Kier molecular flexibility index (Phi) is 4.52. The van der Waals surface area contributed by atoms with E-state index in [1.54, 1.807) is 0 Å². The molecule has 0 spiro atoms. The summed E-state index contributed by atoms with van der Waals surface area (Å²) in [5.74, 6) is 1.39. The zero-order valence-electron chi connectivity index (χ0n) is 13.3. The summed E-state index contributed by atoms with van der Waals surface area (Å²) in [4.78, 5) is 0. The maximum absolute atomic E-state index is 3.83. The van der Waals surface area contributed by atoms with Crippen LogP contribution in [-0.4, -0.2) is 34.7 Å². The zero-order valence-corrected chi connectivity index (χ0v) is 13.3. The van der Waals surface area contributed by atoms with Gasteiger partial charge in [-0.1, -0.05) is 39.5 Å². The number of hydrogen-bond donors (Lipinski definition) is 2. The first kappa shape index (κ1) is 14.2. The molecule has 0 bridgehead atoms. The predicted octanol–water partition coefficient (Wildman–Crippen LogP) is 2.99. The summed E-state index contributed by atoms with van der Waals surface area (Å²) in [7, 11) is 0. The van der Waals surface area contributed by atoms with Crippen molar-refractivity contribution >= 4 is 5.96 Å². The average molecular weight is 278 g/mol. The van der Waals surface area contributed by atoms with Crippen LogP contribution in [0, 0.1) is 0 Å². The normalized spacial score (nSPS) is 35.5. The molecule has 3 heteroatoms. The molecule has 0 aromatic rings. The summed E-state index contributed by atoms with van der Waals surface area (Å²) in [6, 6.07) is 3.06. The molecular weight excluding hydrogens is 246 g/mol. The van der Waals surface area contributed by atoms with Crippen LogP contribution in [0.1, 0.15) is 78.1 Å². The Bertz CT molecular complexity index is 331. The second-order valence-electron chi connectivity index (χ2n) is 7.08. The van der Waals surface area contributed by atoms with E-state index in [0.717, 1.165) is 12.1 Å². The van der Waals surface area contributed by atoms with E-state index in [0.29, 0.717) is 12.1 Å². The van der Waals surface area contributed by atoms with Gasteiger partial charge in [0, 0.05) is 12.8 Å². The van der Waals surface area contributed by atoms with E-state index in [1.807, 2.05) is 0 Å². The number of nitrogens with one attached hydrogen (secondary N) is 2. The lowest BCUT2D eigenvalue weighted by Crippen LogP contribution is -2.62. The number of hydrogen-bond acceptors (Lipinski definition) is 2. The predicted molar refractivity (Wildman–Crippen MR) is 84.2 cm³/mol. The maximum atomic E-state index is 3.83. The summed E-state index contributed by atoms with van der Waals surface area (Å²) in [5.41, 5.74) is 0. The van der Waals surface area contributed by atoms with Crippen molar-refractivity contribution in [1.82, 2.24) is 10.6 Å². The highest BCUT2D eigenvalue weighted by Crippen LogP contribution is 2.32. The Morgan fingerprint density at radius 2 is 1.40 bits per heavy atom. The first-order valence-electron chi connectivity index (χ1n) is 9.00. The smallest absolute Gasteiger partial charge is 0.275 e. The molecule has 4 atom stereocenters. The van der Waals surface area contributed by atoms with Crippen molar-refractivity contribution in [1.29, 1.82) is 0 Å². The Morgan fingerprint density at radius 1 is 0.900 bits per heavy atom. The Balaban J connectivity index is 1.68. The van der Waals surface area contributed by atoms with Crippen LogP contribution >= 0.6 is 0 Å². The van der Waals surface area contributed by atoms with Gasteiger partial charge in [0.1, 0.15) is 0 Å². The minimum absolute atomic E-state index is 0.711. The molecular formula is C17H32N3+. The van der Waals surface area contributed by atoms with Crippen molar-refractivity contribution in [3.63, 3.8) is 0 Å². The first-order chi connectivity index (χ1) is 9.81. The van der Waals surface area contributed by atoms with Gasteiger partial charge in [-0.05, 0) is 25.7 Å². The van der Waals surface area contributed by atoms with Gasteiger partial charge >= 0.3 is 5.96 Å². The number of unbranched alkanes of at least 4 members (excludes halogenated alkanes) is 2. The van der Waals surface area contributed by atoms with Gasteiger partial charge in [-0.15, -0.1) is 0 Å². The van der Waals surface area contributed by atoms with Crippen molar-refractivity contribution in [2.45, 2.75) is 102 Å². The molecule has 3 aliphatic heterocycles. The second kappa shape index (κ2) is 6.36. The molecule has 0 saturated carbocycles. The van der Waals surface area contributed by atoms with Gasteiger partial charge in [0.2, 0.25) is 0 Å². The van der Waals surface area contributed by atoms with E-state index in [2.05, 4.69) is 29.1 Å². The van der Waals surface area contributed by atoms with E-state index in [4.69, 9.17) is 0 Å². The fourth-order valence-corrected chi connectivity index (χ4v) is 4.42. The van der Waals surface area contributed by atoms with Gasteiger partial charge in [0.25, 0.3) is 0 Å². The third-order valence-corrected chi connectivity index (χ3v) is 5.49. The fourth-order valence-electron chi connectivity index (χ4n) is 4.42. The van der Waals surface area contributed by atoms with Crippen molar-refractivity contribution in [3.05, 3.63) is 0 Å². The number of rotatable bonds is 6. The molecule has 3 heterocycles. The maximum Gasteiger partial charge on any atom is 0.346 e. The van der Waals surface area contributed by atoms with Crippen LogP contribution in [-0.2, 0) is 0 Å². The Labute approximate surface area is 124 Å². The van der Waals surface area contributed by atoms with E-state index in [-0.39, 0.29) is 0 Å². The molecule has 3 rings (SSSR count). The van der Waals surface area contributed by atoms with Crippen LogP contribution in [0.15, 0.2) is 0 Å². The molecule has 1 saturated heterocycles. The highest BCUT2D eigenvalue weighted by Gasteiger charge is 2.45. The van der Waals surface area contributed by atoms with Crippen molar-refractivity contribution in [3.8, 4) is 0 Å². The van der Waals surface area contributed by atoms with Crippen LogP contribution in [0.2, 0.25) is 0 Å². The molecule has 3 nitrogen and oxygen atoms in total.